The van der Waals surface area contributed by atoms with Gasteiger partial charge >= 0.3 is 6.03 Å². The summed E-state index contributed by atoms with van der Waals surface area (Å²) >= 11 is 0. The van der Waals surface area contributed by atoms with E-state index in [1.54, 1.807) is 22.9 Å². The summed E-state index contributed by atoms with van der Waals surface area (Å²) in [6.45, 7) is 3.29. The average Bonchev–Trinajstić information content (AvgIpc) is 3.46. The summed E-state index contributed by atoms with van der Waals surface area (Å²) in [5.41, 5.74) is 8.85. The summed E-state index contributed by atoms with van der Waals surface area (Å²) in [5, 5.41) is 3.78. The molecule has 0 unspecified atom stereocenters. The Morgan fingerprint density at radius 2 is 2.03 bits per heavy atom. The maximum absolute atomic E-state index is 12.8. The number of amides is 2. The quantitative estimate of drug-likeness (QED) is 0.439. The van der Waals surface area contributed by atoms with Gasteiger partial charge in [0.05, 0.1) is 17.3 Å². The maximum Gasteiger partial charge on any atom is 0.330 e. The van der Waals surface area contributed by atoms with Gasteiger partial charge < -0.3 is 15.8 Å². The smallest absolute Gasteiger partial charge is 0.330 e. The van der Waals surface area contributed by atoms with E-state index >= 15 is 0 Å². The number of nitrogens with zero attached hydrogens (tertiary/aromatic N) is 4. The summed E-state index contributed by atoms with van der Waals surface area (Å²) < 4.78 is 7.54. The van der Waals surface area contributed by atoms with Crippen LogP contribution in [-0.4, -0.2) is 44.0 Å². The van der Waals surface area contributed by atoms with Crippen LogP contribution in [0.25, 0.3) is 10.9 Å². The number of hydrogen-bond donors (Lipinski definition) is 2. The Hall–Kier alpha value is -4.24. The van der Waals surface area contributed by atoms with Gasteiger partial charge in [-0.05, 0) is 68.3 Å². The Morgan fingerprint density at radius 1 is 1.14 bits per heavy atom. The number of hydrogen-bond acceptors (Lipinski definition) is 6. The minimum absolute atomic E-state index is 0.240. The molecule has 9 nitrogen and oxygen atoms in total. The molecule has 3 heterocycles. The average molecular weight is 471 g/mol. The van der Waals surface area contributed by atoms with Gasteiger partial charge in [0, 0.05) is 29.9 Å². The first-order valence-electron chi connectivity index (χ1n) is 11.5. The third-order valence-electron chi connectivity index (χ3n) is 6.13. The highest BCUT2D eigenvalue weighted by molar-refractivity contribution is 5.98. The van der Waals surface area contributed by atoms with Gasteiger partial charge in [0.2, 0.25) is 11.8 Å². The van der Waals surface area contributed by atoms with Gasteiger partial charge in [-0.2, -0.15) is 0 Å². The molecule has 0 radical (unpaired) electrons. The second-order valence-corrected chi connectivity index (χ2v) is 8.69. The molecular formula is C26H26N6O3. The number of fused-ring (bicyclic) bond motifs is 1. The van der Waals surface area contributed by atoms with E-state index in [2.05, 4.69) is 15.3 Å². The molecule has 0 bridgehead atoms. The Morgan fingerprint density at radius 3 is 2.86 bits per heavy atom. The lowest BCUT2D eigenvalue weighted by atomic mass is 10.2. The Labute approximate surface area is 202 Å². The molecule has 0 spiro atoms. The van der Waals surface area contributed by atoms with Crippen molar-refractivity contribution < 1.29 is 14.3 Å². The van der Waals surface area contributed by atoms with Crippen molar-refractivity contribution in [2.45, 2.75) is 32.4 Å². The summed E-state index contributed by atoms with van der Waals surface area (Å²) in [7, 11) is 0. The van der Waals surface area contributed by atoms with Crippen molar-refractivity contribution in [3.8, 4) is 11.6 Å². The van der Waals surface area contributed by atoms with E-state index in [4.69, 9.17) is 10.5 Å². The lowest BCUT2D eigenvalue weighted by molar-refractivity contribution is -0.122. The van der Waals surface area contributed by atoms with Crippen molar-refractivity contribution in [3.63, 3.8) is 0 Å². The van der Waals surface area contributed by atoms with Crippen molar-refractivity contribution >= 4 is 28.5 Å². The van der Waals surface area contributed by atoms with Crippen molar-refractivity contribution in [2.75, 3.05) is 11.9 Å². The first-order valence-corrected chi connectivity index (χ1v) is 11.5. The lowest BCUT2D eigenvalue weighted by Crippen LogP contribution is -2.39. The van der Waals surface area contributed by atoms with Crippen molar-refractivity contribution in [1.82, 2.24) is 19.4 Å². The molecular weight excluding hydrogens is 444 g/mol. The number of primary amides is 1. The monoisotopic (exact) mass is 470 g/mol. The molecule has 2 amide bonds. The second-order valence-electron chi connectivity index (χ2n) is 8.69. The van der Waals surface area contributed by atoms with Crippen LogP contribution in [0.1, 0.15) is 24.1 Å². The number of carbonyl (C=O) groups is 2. The van der Waals surface area contributed by atoms with E-state index in [9.17, 15) is 9.59 Å². The van der Waals surface area contributed by atoms with E-state index < -0.39 is 0 Å². The molecule has 0 aliphatic carbocycles. The topological polar surface area (TPSA) is 115 Å². The number of anilines is 1. The molecule has 4 aromatic rings. The highest BCUT2D eigenvalue weighted by Gasteiger charge is 2.29. The van der Waals surface area contributed by atoms with Crippen LogP contribution in [0.3, 0.4) is 0 Å². The van der Waals surface area contributed by atoms with Gasteiger partial charge in [-0.1, -0.05) is 12.1 Å². The van der Waals surface area contributed by atoms with Gasteiger partial charge in [0.1, 0.15) is 12.1 Å². The molecule has 1 aliphatic heterocycles. The van der Waals surface area contributed by atoms with E-state index in [1.165, 1.54) is 6.33 Å². The zero-order valence-electron chi connectivity index (χ0n) is 19.3. The molecule has 3 N–H and O–H groups in total. The van der Waals surface area contributed by atoms with Crippen LogP contribution in [0.4, 0.5) is 10.5 Å². The maximum atomic E-state index is 12.8. The first-order chi connectivity index (χ1) is 17.0. The predicted octanol–water partition coefficient (Wildman–Crippen LogP) is 4.06. The summed E-state index contributed by atoms with van der Waals surface area (Å²) in [6.07, 6.45) is 4.88. The van der Waals surface area contributed by atoms with Crippen LogP contribution in [0.2, 0.25) is 0 Å². The number of nitrogens with one attached hydrogen (secondary N) is 1. The van der Waals surface area contributed by atoms with Gasteiger partial charge in [0.15, 0.2) is 0 Å². The normalized spacial score (nSPS) is 15.9. The molecule has 1 fully saturated rings. The molecule has 2 aromatic carbocycles. The van der Waals surface area contributed by atoms with Crippen LogP contribution in [0, 0.1) is 6.92 Å². The molecule has 1 atom stereocenters. The molecule has 1 aliphatic rings. The number of likely N-dealkylation sites (tertiary alicyclic amines) is 1. The minimum Gasteiger partial charge on any atom is -0.439 e. The zero-order chi connectivity index (χ0) is 24.4. The van der Waals surface area contributed by atoms with E-state index in [-0.39, 0.29) is 18.0 Å². The molecule has 1 saturated heterocycles. The van der Waals surface area contributed by atoms with Crippen LogP contribution in [-0.2, 0) is 11.3 Å². The third-order valence-corrected chi connectivity index (χ3v) is 6.13. The number of rotatable bonds is 6. The first kappa shape index (κ1) is 22.5. The largest absolute Gasteiger partial charge is 0.439 e. The number of aromatic nitrogens is 3. The Balaban J connectivity index is 1.29. The fourth-order valence-corrected chi connectivity index (χ4v) is 4.45. The summed E-state index contributed by atoms with van der Waals surface area (Å²) in [5.74, 6) is 0.691. The van der Waals surface area contributed by atoms with Crippen LogP contribution in [0.15, 0.2) is 67.1 Å². The molecule has 0 saturated carbocycles. The fraction of sp³-hybridized carbons (Fsp3) is 0.231. The van der Waals surface area contributed by atoms with Gasteiger partial charge in [-0.15, -0.1) is 0 Å². The lowest BCUT2D eigenvalue weighted by Gasteiger charge is -2.21. The number of nitrogens with two attached hydrogens (primary N) is 1. The highest BCUT2D eigenvalue weighted by atomic mass is 16.5. The molecule has 178 valence electrons. The summed E-state index contributed by atoms with van der Waals surface area (Å²) in [6, 6.07) is 16.3. The van der Waals surface area contributed by atoms with E-state index in [0.717, 1.165) is 47.2 Å². The van der Waals surface area contributed by atoms with Crippen LogP contribution in [0.5, 0.6) is 11.6 Å². The van der Waals surface area contributed by atoms with Crippen molar-refractivity contribution in [1.29, 1.82) is 0 Å². The number of benzene rings is 2. The molecule has 2 aromatic heterocycles. The van der Waals surface area contributed by atoms with E-state index in [0.29, 0.717) is 18.2 Å². The van der Waals surface area contributed by atoms with Crippen molar-refractivity contribution in [2.24, 2.45) is 5.73 Å². The number of ether oxygens (including phenoxy) is 1. The van der Waals surface area contributed by atoms with Gasteiger partial charge in [-0.25, -0.2) is 14.8 Å². The minimum atomic E-state index is -0.305. The highest BCUT2D eigenvalue weighted by Crippen LogP contribution is 2.27. The Bertz CT molecular complexity index is 1400. The Kier molecular flexibility index (Phi) is 6.15. The van der Waals surface area contributed by atoms with Crippen molar-refractivity contribution in [3.05, 3.63) is 78.4 Å². The van der Waals surface area contributed by atoms with E-state index in [1.807, 2.05) is 54.3 Å². The fourth-order valence-electron chi connectivity index (χ4n) is 4.45. The summed E-state index contributed by atoms with van der Waals surface area (Å²) in [4.78, 5) is 35.0. The second kappa shape index (κ2) is 9.55. The predicted molar refractivity (Wildman–Crippen MR) is 132 cm³/mol. The van der Waals surface area contributed by atoms with Crippen LogP contribution >= 0.6 is 0 Å². The third kappa shape index (κ3) is 4.99. The SMILES string of the molecule is Cc1cccc(NC(=O)n2ccc3cc(Oc4cc(CN5CCC[C@H]5C(N)=O)ncn4)ccc32)c1. The standard InChI is InChI=1S/C26H26N6O3/c1-17-4-2-5-19(12-17)30-26(34)32-11-9-18-13-21(7-8-22(18)32)35-24-14-20(28-16-29-24)15-31-10-3-6-23(31)25(27)33/h2,4-5,7-9,11-14,16,23H,3,6,10,15H2,1H3,(H2,27,33)(H,30,34)/t23-/m0/s1. The zero-order valence-corrected chi connectivity index (χ0v) is 19.3. The van der Waals surface area contributed by atoms with Gasteiger partial charge in [-0.3, -0.25) is 14.3 Å². The van der Waals surface area contributed by atoms with Gasteiger partial charge in [0.25, 0.3) is 0 Å². The molecule has 35 heavy (non-hydrogen) atoms. The number of aryl methyl sites for hydroxylation is 1. The molecule has 5 rings (SSSR count). The number of carbonyl (C=O) groups excluding carboxylic acids is 2. The van der Waals surface area contributed by atoms with Crippen LogP contribution < -0.4 is 15.8 Å². The molecule has 9 heteroatoms.